The lowest BCUT2D eigenvalue weighted by atomic mass is 10.2. The zero-order valence-corrected chi connectivity index (χ0v) is 12.2. The summed E-state index contributed by atoms with van der Waals surface area (Å²) < 4.78 is 0. The third-order valence-corrected chi connectivity index (χ3v) is 3.48. The van der Waals surface area contributed by atoms with E-state index in [0.29, 0.717) is 25.4 Å². The van der Waals surface area contributed by atoms with Gasteiger partial charge in [-0.25, -0.2) is 0 Å². The minimum Gasteiger partial charge on any atom is -0.355 e. The molecule has 0 bridgehead atoms. The molecule has 1 aromatic carbocycles. The van der Waals surface area contributed by atoms with Crippen LogP contribution in [-0.4, -0.2) is 24.9 Å². The van der Waals surface area contributed by atoms with E-state index in [9.17, 15) is 9.59 Å². The van der Waals surface area contributed by atoms with Crippen LogP contribution in [0.3, 0.4) is 0 Å². The molecule has 0 aromatic heterocycles. The number of rotatable bonds is 5. The van der Waals surface area contributed by atoms with Gasteiger partial charge >= 0.3 is 0 Å². The summed E-state index contributed by atoms with van der Waals surface area (Å²) in [5.41, 5.74) is 0.928. The highest BCUT2D eigenvalue weighted by Gasteiger charge is 2.38. The van der Waals surface area contributed by atoms with Crippen molar-refractivity contribution in [3.63, 3.8) is 0 Å². The molecule has 0 aliphatic heterocycles. The highest BCUT2D eigenvalue weighted by atomic mass is 16.2. The largest absolute Gasteiger partial charge is 0.355 e. The third-order valence-electron chi connectivity index (χ3n) is 3.48. The molecule has 1 fully saturated rings. The van der Waals surface area contributed by atoms with Gasteiger partial charge in [0.25, 0.3) is 0 Å². The Hall–Kier alpha value is -2.28. The van der Waals surface area contributed by atoms with E-state index >= 15 is 0 Å². The van der Waals surface area contributed by atoms with Gasteiger partial charge in [0.1, 0.15) is 0 Å². The van der Waals surface area contributed by atoms with Crippen molar-refractivity contribution >= 4 is 11.8 Å². The summed E-state index contributed by atoms with van der Waals surface area (Å²) in [6.45, 7) is 2.77. The summed E-state index contributed by atoms with van der Waals surface area (Å²) in [4.78, 5) is 23.1. The predicted molar refractivity (Wildman–Crippen MR) is 81.2 cm³/mol. The maximum absolute atomic E-state index is 11.6. The van der Waals surface area contributed by atoms with Crippen LogP contribution in [-0.2, 0) is 9.59 Å². The van der Waals surface area contributed by atoms with Crippen LogP contribution in [0.25, 0.3) is 0 Å². The lowest BCUT2D eigenvalue weighted by molar-refractivity contribution is -0.123. The number of hydrogen-bond acceptors (Lipinski definition) is 2. The number of hydrogen-bond donors (Lipinski definition) is 2. The first-order valence-electron chi connectivity index (χ1n) is 7.25. The van der Waals surface area contributed by atoms with Gasteiger partial charge in [-0.05, 0) is 24.5 Å². The van der Waals surface area contributed by atoms with E-state index in [4.69, 9.17) is 0 Å². The smallest absolute Gasteiger partial charge is 0.223 e. The van der Waals surface area contributed by atoms with E-state index < -0.39 is 0 Å². The first kappa shape index (κ1) is 15.1. The van der Waals surface area contributed by atoms with Crippen LogP contribution < -0.4 is 10.6 Å². The summed E-state index contributed by atoms with van der Waals surface area (Å²) >= 11 is 0. The van der Waals surface area contributed by atoms with Crippen molar-refractivity contribution in [1.29, 1.82) is 0 Å². The van der Waals surface area contributed by atoms with Crippen molar-refractivity contribution < 1.29 is 9.59 Å². The van der Waals surface area contributed by atoms with Gasteiger partial charge in [-0.15, -0.1) is 0 Å². The first-order chi connectivity index (χ1) is 10.2. The van der Waals surface area contributed by atoms with Crippen LogP contribution in [0.4, 0.5) is 0 Å². The van der Waals surface area contributed by atoms with Crippen LogP contribution in [0.15, 0.2) is 30.3 Å². The van der Waals surface area contributed by atoms with Gasteiger partial charge in [0.05, 0.1) is 6.54 Å². The zero-order valence-electron chi connectivity index (χ0n) is 12.2. The Morgan fingerprint density at radius 3 is 2.62 bits per heavy atom. The molecule has 0 unspecified atom stereocenters. The molecule has 1 aliphatic rings. The Kier molecular flexibility index (Phi) is 5.39. The fourth-order valence-corrected chi connectivity index (χ4v) is 2.02. The van der Waals surface area contributed by atoms with Crippen molar-refractivity contribution in [3.8, 4) is 11.8 Å². The molecule has 110 valence electrons. The molecule has 2 rings (SSSR count). The van der Waals surface area contributed by atoms with Gasteiger partial charge in [-0.3, -0.25) is 9.59 Å². The third kappa shape index (κ3) is 5.31. The van der Waals surface area contributed by atoms with Crippen LogP contribution >= 0.6 is 0 Å². The van der Waals surface area contributed by atoms with E-state index in [1.54, 1.807) is 0 Å². The topological polar surface area (TPSA) is 58.2 Å². The standard InChI is InChI=1S/C17H20N2O2/c1-13-12-15(13)17(21)19-11-9-16(20)18-10-5-8-14-6-3-2-4-7-14/h2-4,6-7,13,15H,9-12H2,1H3,(H,18,20)(H,19,21)/t13-,15+/m0/s1. The highest BCUT2D eigenvalue weighted by Crippen LogP contribution is 2.37. The molecule has 1 aromatic rings. The number of benzene rings is 1. The summed E-state index contributed by atoms with van der Waals surface area (Å²) in [6, 6.07) is 9.62. The second-order valence-corrected chi connectivity index (χ2v) is 5.31. The molecule has 2 amide bonds. The van der Waals surface area contributed by atoms with Crippen LogP contribution in [0, 0.1) is 23.7 Å². The van der Waals surface area contributed by atoms with E-state index in [2.05, 4.69) is 29.4 Å². The Bertz CT molecular complexity index is 557. The maximum atomic E-state index is 11.6. The van der Waals surface area contributed by atoms with Crippen molar-refractivity contribution in [2.75, 3.05) is 13.1 Å². The van der Waals surface area contributed by atoms with Gasteiger partial charge in [0.15, 0.2) is 0 Å². The highest BCUT2D eigenvalue weighted by molar-refractivity contribution is 5.82. The van der Waals surface area contributed by atoms with Crippen LogP contribution in [0.2, 0.25) is 0 Å². The molecule has 4 heteroatoms. The average molecular weight is 284 g/mol. The number of nitrogens with one attached hydrogen (secondary N) is 2. The van der Waals surface area contributed by atoms with Crippen LogP contribution in [0.1, 0.15) is 25.3 Å². The quantitative estimate of drug-likeness (QED) is 0.801. The Morgan fingerprint density at radius 1 is 1.24 bits per heavy atom. The molecule has 0 spiro atoms. The van der Waals surface area contributed by atoms with Crippen molar-refractivity contribution in [1.82, 2.24) is 10.6 Å². The van der Waals surface area contributed by atoms with Crippen molar-refractivity contribution in [2.45, 2.75) is 19.8 Å². The molecular formula is C17H20N2O2. The van der Waals surface area contributed by atoms with Gasteiger partial charge < -0.3 is 10.6 Å². The molecule has 2 atom stereocenters. The fourth-order valence-electron chi connectivity index (χ4n) is 2.02. The maximum Gasteiger partial charge on any atom is 0.223 e. The van der Waals surface area contributed by atoms with E-state index in [1.807, 2.05) is 30.3 Å². The van der Waals surface area contributed by atoms with E-state index in [1.165, 1.54) is 0 Å². The van der Waals surface area contributed by atoms with Gasteiger partial charge in [-0.1, -0.05) is 37.0 Å². The number of carbonyl (C=O) groups excluding carboxylic acids is 2. The lowest BCUT2D eigenvalue weighted by Gasteiger charge is -2.04. The molecule has 0 saturated heterocycles. The monoisotopic (exact) mass is 284 g/mol. The van der Waals surface area contributed by atoms with Crippen molar-refractivity contribution in [3.05, 3.63) is 35.9 Å². The fraction of sp³-hybridized carbons (Fsp3) is 0.412. The molecule has 0 radical (unpaired) electrons. The zero-order chi connectivity index (χ0) is 15.1. The summed E-state index contributed by atoms with van der Waals surface area (Å²) in [5.74, 6) is 6.49. The molecular weight excluding hydrogens is 264 g/mol. The Balaban J connectivity index is 1.58. The second kappa shape index (κ2) is 7.49. The first-order valence-corrected chi connectivity index (χ1v) is 7.25. The van der Waals surface area contributed by atoms with Crippen molar-refractivity contribution in [2.24, 2.45) is 11.8 Å². The molecule has 2 N–H and O–H groups in total. The van der Waals surface area contributed by atoms with Gasteiger partial charge in [0, 0.05) is 24.4 Å². The van der Waals surface area contributed by atoms with Gasteiger partial charge in [0.2, 0.25) is 11.8 Å². The van der Waals surface area contributed by atoms with E-state index in [-0.39, 0.29) is 17.7 Å². The second-order valence-electron chi connectivity index (χ2n) is 5.31. The molecule has 21 heavy (non-hydrogen) atoms. The van der Waals surface area contributed by atoms with Crippen LogP contribution in [0.5, 0.6) is 0 Å². The molecule has 1 aliphatic carbocycles. The summed E-state index contributed by atoms with van der Waals surface area (Å²) in [7, 11) is 0. The Labute approximate surface area is 125 Å². The molecule has 4 nitrogen and oxygen atoms in total. The normalized spacial score (nSPS) is 19.1. The summed E-state index contributed by atoms with van der Waals surface area (Å²) in [6.07, 6.45) is 1.26. The predicted octanol–water partition coefficient (Wildman–Crippen LogP) is 1.32. The summed E-state index contributed by atoms with van der Waals surface area (Å²) in [5, 5.41) is 5.50. The minimum absolute atomic E-state index is 0.0687. The van der Waals surface area contributed by atoms with E-state index in [0.717, 1.165) is 12.0 Å². The molecule has 1 saturated carbocycles. The average Bonchev–Trinajstić information content (AvgIpc) is 3.22. The SMILES string of the molecule is C[C@H]1C[C@H]1C(=O)NCCC(=O)NCC#Cc1ccccc1. The minimum atomic E-state index is -0.0958. The lowest BCUT2D eigenvalue weighted by Crippen LogP contribution is -2.31. The number of amides is 2. The molecule has 0 heterocycles. The van der Waals surface area contributed by atoms with Gasteiger partial charge in [-0.2, -0.15) is 0 Å². The Morgan fingerprint density at radius 2 is 1.95 bits per heavy atom. The number of carbonyl (C=O) groups is 2.